The molecule has 0 aromatic heterocycles. The average Bonchev–Trinajstić information content (AvgIpc) is 2.33. The monoisotopic (exact) mass is 234 g/mol. The maximum atomic E-state index is 9.14. The zero-order valence-corrected chi connectivity index (χ0v) is 10.7. The highest BCUT2D eigenvalue weighted by Gasteiger charge is 2.25. The Balaban J connectivity index is 2.16. The van der Waals surface area contributed by atoms with E-state index in [9.17, 15) is 0 Å². The van der Waals surface area contributed by atoms with Crippen LogP contribution in [-0.2, 0) is 0 Å². The number of hydrogen-bond donors (Lipinski definition) is 2. The van der Waals surface area contributed by atoms with Gasteiger partial charge in [-0.15, -0.1) is 0 Å². The summed E-state index contributed by atoms with van der Waals surface area (Å²) < 4.78 is 0. The highest BCUT2D eigenvalue weighted by atomic mass is 16.3. The highest BCUT2D eigenvalue weighted by Crippen LogP contribution is 2.21. The number of anilines is 1. The summed E-state index contributed by atoms with van der Waals surface area (Å²) in [6, 6.07) is 9.57. The van der Waals surface area contributed by atoms with E-state index in [2.05, 4.69) is 48.3 Å². The van der Waals surface area contributed by atoms with Crippen LogP contribution in [0.25, 0.3) is 0 Å². The topological polar surface area (TPSA) is 35.5 Å². The van der Waals surface area contributed by atoms with E-state index in [1.165, 1.54) is 11.3 Å². The Hall–Kier alpha value is -1.06. The molecule has 3 nitrogen and oxygen atoms in total. The Labute approximate surface area is 103 Å². The molecule has 1 aromatic carbocycles. The molecule has 2 atom stereocenters. The summed E-state index contributed by atoms with van der Waals surface area (Å²) in [5, 5.41) is 12.6. The molecular weight excluding hydrogens is 212 g/mol. The van der Waals surface area contributed by atoms with Crippen LogP contribution in [0.4, 0.5) is 5.69 Å². The number of hydrogen-bond acceptors (Lipinski definition) is 3. The minimum atomic E-state index is 0.253. The summed E-state index contributed by atoms with van der Waals surface area (Å²) in [5.74, 6) is 0. The molecule has 1 heterocycles. The summed E-state index contributed by atoms with van der Waals surface area (Å²) in [6.07, 6.45) is 0.827. The van der Waals surface area contributed by atoms with Gasteiger partial charge in [-0.3, -0.25) is 0 Å². The summed E-state index contributed by atoms with van der Waals surface area (Å²) in [4.78, 5) is 2.41. The second kappa shape index (κ2) is 5.52. The van der Waals surface area contributed by atoms with Gasteiger partial charge in [-0.1, -0.05) is 17.7 Å². The molecule has 2 N–H and O–H groups in total. The maximum absolute atomic E-state index is 9.14. The first-order valence-corrected chi connectivity index (χ1v) is 6.38. The van der Waals surface area contributed by atoms with E-state index in [0.29, 0.717) is 12.1 Å². The fourth-order valence-electron chi connectivity index (χ4n) is 2.42. The number of piperazine rings is 1. The van der Waals surface area contributed by atoms with Crippen molar-refractivity contribution >= 4 is 5.69 Å². The van der Waals surface area contributed by atoms with Crippen LogP contribution in [0.15, 0.2) is 24.3 Å². The van der Waals surface area contributed by atoms with Crippen LogP contribution in [0.5, 0.6) is 0 Å². The van der Waals surface area contributed by atoms with Crippen LogP contribution in [0.1, 0.15) is 18.9 Å². The molecule has 0 spiro atoms. The van der Waals surface area contributed by atoms with E-state index < -0.39 is 0 Å². The van der Waals surface area contributed by atoms with Gasteiger partial charge in [-0.05, 0) is 32.4 Å². The van der Waals surface area contributed by atoms with Crippen molar-refractivity contribution in [2.45, 2.75) is 32.4 Å². The Bertz CT molecular complexity index is 350. The molecule has 1 fully saturated rings. The number of nitrogens with zero attached hydrogens (tertiary/aromatic N) is 1. The van der Waals surface area contributed by atoms with Gasteiger partial charge in [-0.25, -0.2) is 0 Å². The molecule has 0 radical (unpaired) electrons. The lowest BCUT2D eigenvalue weighted by atomic mass is 10.1. The van der Waals surface area contributed by atoms with Crippen LogP contribution in [0.2, 0.25) is 0 Å². The van der Waals surface area contributed by atoms with Crippen molar-refractivity contribution < 1.29 is 5.11 Å². The standard InChI is InChI=1S/C14H22N2O/c1-11-3-5-13(6-4-11)16-10-12(2)15-9-14(16)7-8-17/h3-6,12,14-15,17H,7-10H2,1-2H3. The van der Waals surface area contributed by atoms with Gasteiger partial charge in [0.2, 0.25) is 0 Å². The molecular formula is C14H22N2O. The smallest absolute Gasteiger partial charge is 0.0451 e. The fourth-order valence-corrected chi connectivity index (χ4v) is 2.42. The van der Waals surface area contributed by atoms with Gasteiger partial charge in [-0.2, -0.15) is 0 Å². The number of aliphatic hydroxyl groups excluding tert-OH is 1. The van der Waals surface area contributed by atoms with E-state index in [0.717, 1.165) is 19.5 Å². The van der Waals surface area contributed by atoms with E-state index >= 15 is 0 Å². The van der Waals surface area contributed by atoms with Gasteiger partial charge in [0, 0.05) is 37.5 Å². The quantitative estimate of drug-likeness (QED) is 0.833. The third kappa shape index (κ3) is 2.99. The van der Waals surface area contributed by atoms with Gasteiger partial charge in [0.05, 0.1) is 0 Å². The first kappa shape index (κ1) is 12.4. The summed E-state index contributed by atoms with van der Waals surface area (Å²) in [5.41, 5.74) is 2.55. The highest BCUT2D eigenvalue weighted by molar-refractivity contribution is 5.49. The summed E-state index contributed by atoms with van der Waals surface area (Å²) in [7, 11) is 0. The van der Waals surface area contributed by atoms with Gasteiger partial charge in [0.25, 0.3) is 0 Å². The predicted octanol–water partition coefficient (Wildman–Crippen LogP) is 1.54. The number of rotatable bonds is 3. The minimum absolute atomic E-state index is 0.253. The summed E-state index contributed by atoms with van der Waals surface area (Å²) in [6.45, 7) is 6.53. The van der Waals surface area contributed by atoms with Crippen LogP contribution in [0, 0.1) is 6.92 Å². The molecule has 0 saturated carbocycles. The third-order valence-electron chi connectivity index (χ3n) is 3.44. The Morgan fingerprint density at radius 3 is 2.71 bits per heavy atom. The molecule has 94 valence electrons. The second-order valence-corrected chi connectivity index (χ2v) is 4.96. The van der Waals surface area contributed by atoms with Crippen molar-refractivity contribution in [1.29, 1.82) is 0 Å². The molecule has 2 unspecified atom stereocenters. The number of nitrogens with one attached hydrogen (secondary N) is 1. The number of aryl methyl sites for hydroxylation is 1. The van der Waals surface area contributed by atoms with Gasteiger partial charge in [0.15, 0.2) is 0 Å². The lowest BCUT2D eigenvalue weighted by Crippen LogP contribution is -2.56. The molecule has 0 bridgehead atoms. The largest absolute Gasteiger partial charge is 0.396 e. The van der Waals surface area contributed by atoms with E-state index in [4.69, 9.17) is 5.11 Å². The minimum Gasteiger partial charge on any atom is -0.396 e. The van der Waals surface area contributed by atoms with E-state index in [1.807, 2.05) is 0 Å². The normalized spacial score (nSPS) is 25.0. The lowest BCUT2D eigenvalue weighted by Gasteiger charge is -2.41. The second-order valence-electron chi connectivity index (χ2n) is 4.96. The molecule has 2 rings (SSSR count). The predicted molar refractivity (Wildman–Crippen MR) is 71.5 cm³/mol. The molecule has 1 aliphatic rings. The fraction of sp³-hybridized carbons (Fsp3) is 0.571. The lowest BCUT2D eigenvalue weighted by molar-refractivity contribution is 0.260. The molecule has 1 saturated heterocycles. The maximum Gasteiger partial charge on any atom is 0.0451 e. The number of benzene rings is 1. The van der Waals surface area contributed by atoms with Crippen LogP contribution < -0.4 is 10.2 Å². The zero-order chi connectivity index (χ0) is 12.3. The van der Waals surface area contributed by atoms with E-state index in [1.54, 1.807) is 0 Å². The van der Waals surface area contributed by atoms with Crippen LogP contribution in [-0.4, -0.2) is 36.9 Å². The Morgan fingerprint density at radius 1 is 1.35 bits per heavy atom. The first-order valence-electron chi connectivity index (χ1n) is 6.38. The van der Waals surface area contributed by atoms with E-state index in [-0.39, 0.29) is 6.61 Å². The van der Waals surface area contributed by atoms with Crippen molar-refractivity contribution in [3.8, 4) is 0 Å². The Morgan fingerprint density at radius 2 is 2.06 bits per heavy atom. The molecule has 1 aliphatic heterocycles. The first-order chi connectivity index (χ1) is 8.20. The van der Waals surface area contributed by atoms with Crippen molar-refractivity contribution in [3.05, 3.63) is 29.8 Å². The average molecular weight is 234 g/mol. The molecule has 0 aliphatic carbocycles. The van der Waals surface area contributed by atoms with Crippen molar-refractivity contribution in [1.82, 2.24) is 5.32 Å². The van der Waals surface area contributed by atoms with Gasteiger partial charge >= 0.3 is 0 Å². The van der Waals surface area contributed by atoms with Crippen LogP contribution in [0.3, 0.4) is 0 Å². The van der Waals surface area contributed by atoms with Crippen LogP contribution >= 0.6 is 0 Å². The Kier molecular flexibility index (Phi) is 4.02. The molecule has 1 aromatic rings. The van der Waals surface area contributed by atoms with Crippen molar-refractivity contribution in [2.24, 2.45) is 0 Å². The molecule has 17 heavy (non-hydrogen) atoms. The third-order valence-corrected chi connectivity index (χ3v) is 3.44. The number of aliphatic hydroxyl groups is 1. The molecule has 0 amide bonds. The summed E-state index contributed by atoms with van der Waals surface area (Å²) >= 11 is 0. The SMILES string of the molecule is Cc1ccc(N2CC(C)NCC2CCO)cc1. The molecule has 3 heteroatoms. The van der Waals surface area contributed by atoms with Gasteiger partial charge in [0.1, 0.15) is 0 Å². The van der Waals surface area contributed by atoms with Gasteiger partial charge < -0.3 is 15.3 Å². The van der Waals surface area contributed by atoms with Crippen molar-refractivity contribution in [2.75, 3.05) is 24.6 Å². The zero-order valence-electron chi connectivity index (χ0n) is 10.7. The van der Waals surface area contributed by atoms with Crippen molar-refractivity contribution in [3.63, 3.8) is 0 Å².